The van der Waals surface area contributed by atoms with Crippen molar-refractivity contribution < 1.29 is 17.9 Å². The molecule has 1 aromatic heterocycles. The van der Waals surface area contributed by atoms with Crippen molar-refractivity contribution in [2.24, 2.45) is 0 Å². The minimum atomic E-state index is -3.61. The van der Waals surface area contributed by atoms with E-state index < -0.39 is 23.0 Å². The molecule has 3 nitrogen and oxygen atoms in total. The van der Waals surface area contributed by atoms with Crippen LogP contribution in [0.5, 0.6) is 5.75 Å². The molecule has 0 radical (unpaired) electrons. The topological polar surface area (TPSA) is 35.0 Å². The standard InChI is InChI=1S/C12H8ClF3N2O/c1-19-7-2-3-8(9(14)4-7)12(15,16)10-5-11(13)18-6-17-10/h2-6H,1H3. The van der Waals surface area contributed by atoms with Gasteiger partial charge >= 0.3 is 5.92 Å². The Morgan fingerprint density at radius 3 is 2.53 bits per heavy atom. The molecule has 0 atom stereocenters. The van der Waals surface area contributed by atoms with Crippen molar-refractivity contribution in [1.29, 1.82) is 0 Å². The maximum Gasteiger partial charge on any atom is 0.317 e. The van der Waals surface area contributed by atoms with E-state index in [9.17, 15) is 13.2 Å². The fourth-order valence-electron chi connectivity index (χ4n) is 1.52. The Morgan fingerprint density at radius 1 is 1.21 bits per heavy atom. The van der Waals surface area contributed by atoms with Crippen molar-refractivity contribution >= 4 is 11.6 Å². The van der Waals surface area contributed by atoms with Gasteiger partial charge in [-0.15, -0.1) is 0 Å². The number of hydrogen-bond acceptors (Lipinski definition) is 3. The third kappa shape index (κ3) is 2.63. The minimum absolute atomic E-state index is 0.140. The molecule has 0 fully saturated rings. The zero-order valence-electron chi connectivity index (χ0n) is 9.70. The first-order valence-corrected chi connectivity index (χ1v) is 5.53. The van der Waals surface area contributed by atoms with Gasteiger partial charge in [-0.1, -0.05) is 11.6 Å². The monoisotopic (exact) mass is 288 g/mol. The average molecular weight is 289 g/mol. The Balaban J connectivity index is 2.50. The van der Waals surface area contributed by atoms with Gasteiger partial charge in [-0.2, -0.15) is 8.78 Å². The molecule has 0 saturated carbocycles. The van der Waals surface area contributed by atoms with Crippen LogP contribution in [0.2, 0.25) is 5.15 Å². The molecule has 1 aromatic carbocycles. The summed E-state index contributed by atoms with van der Waals surface area (Å²) in [7, 11) is 1.32. The highest BCUT2D eigenvalue weighted by atomic mass is 35.5. The molecule has 0 aliphatic rings. The quantitative estimate of drug-likeness (QED) is 0.812. The molecule has 0 saturated heterocycles. The number of ether oxygens (including phenoxy) is 1. The molecule has 0 aliphatic heterocycles. The number of rotatable bonds is 3. The molecular weight excluding hydrogens is 281 g/mol. The fraction of sp³-hybridized carbons (Fsp3) is 0.167. The Morgan fingerprint density at radius 2 is 1.95 bits per heavy atom. The van der Waals surface area contributed by atoms with Crippen LogP contribution in [-0.4, -0.2) is 17.1 Å². The molecular formula is C12H8ClF3N2O. The molecule has 0 bridgehead atoms. The second-order valence-corrected chi connectivity index (χ2v) is 4.03. The van der Waals surface area contributed by atoms with Crippen LogP contribution in [0.15, 0.2) is 30.6 Å². The maximum atomic E-state index is 14.1. The molecule has 2 aromatic rings. The summed E-state index contributed by atoms with van der Waals surface area (Å²) in [5, 5.41) is -0.140. The second kappa shape index (κ2) is 5.05. The van der Waals surface area contributed by atoms with E-state index in [1.54, 1.807) is 0 Å². The van der Waals surface area contributed by atoms with Crippen molar-refractivity contribution in [2.75, 3.05) is 7.11 Å². The first-order valence-electron chi connectivity index (χ1n) is 5.15. The van der Waals surface area contributed by atoms with Crippen LogP contribution in [0.1, 0.15) is 11.3 Å². The summed E-state index contributed by atoms with van der Waals surface area (Å²) in [6.45, 7) is 0. The van der Waals surface area contributed by atoms with Crippen molar-refractivity contribution in [2.45, 2.75) is 5.92 Å². The van der Waals surface area contributed by atoms with Gasteiger partial charge in [-0.3, -0.25) is 0 Å². The molecule has 7 heteroatoms. The normalized spacial score (nSPS) is 11.4. The zero-order chi connectivity index (χ0) is 14.0. The number of methoxy groups -OCH3 is 1. The Kier molecular flexibility index (Phi) is 3.61. The lowest BCUT2D eigenvalue weighted by Crippen LogP contribution is -2.19. The van der Waals surface area contributed by atoms with E-state index in [-0.39, 0.29) is 10.9 Å². The van der Waals surface area contributed by atoms with Gasteiger partial charge < -0.3 is 4.74 Å². The van der Waals surface area contributed by atoms with Crippen LogP contribution in [0.25, 0.3) is 0 Å². The first kappa shape index (κ1) is 13.6. The third-order valence-corrected chi connectivity index (χ3v) is 2.68. The van der Waals surface area contributed by atoms with Crippen molar-refractivity contribution in [1.82, 2.24) is 9.97 Å². The van der Waals surface area contributed by atoms with E-state index in [1.165, 1.54) is 13.2 Å². The van der Waals surface area contributed by atoms with Crippen LogP contribution >= 0.6 is 11.6 Å². The van der Waals surface area contributed by atoms with E-state index in [4.69, 9.17) is 16.3 Å². The van der Waals surface area contributed by atoms with Crippen LogP contribution in [-0.2, 0) is 5.92 Å². The second-order valence-electron chi connectivity index (χ2n) is 3.65. The fourth-order valence-corrected chi connectivity index (χ4v) is 1.67. The lowest BCUT2D eigenvalue weighted by molar-refractivity contribution is 0.0339. The highest BCUT2D eigenvalue weighted by Gasteiger charge is 2.38. The van der Waals surface area contributed by atoms with Crippen LogP contribution < -0.4 is 4.74 Å². The maximum absolute atomic E-state index is 14.1. The zero-order valence-corrected chi connectivity index (χ0v) is 10.5. The molecule has 100 valence electrons. The predicted octanol–water partition coefficient (Wildman–Crippen LogP) is 3.42. The van der Waals surface area contributed by atoms with E-state index in [0.29, 0.717) is 0 Å². The van der Waals surface area contributed by atoms with Gasteiger partial charge in [0.15, 0.2) is 0 Å². The first-order chi connectivity index (χ1) is 8.95. The lowest BCUT2D eigenvalue weighted by Gasteiger charge is -2.17. The largest absolute Gasteiger partial charge is 0.497 e. The van der Waals surface area contributed by atoms with Crippen LogP contribution in [0.3, 0.4) is 0 Å². The van der Waals surface area contributed by atoms with E-state index in [1.807, 2.05) is 0 Å². The summed E-state index contributed by atoms with van der Waals surface area (Å²) in [6.07, 6.45) is 0.896. The van der Waals surface area contributed by atoms with Gasteiger partial charge in [0.05, 0.1) is 12.7 Å². The number of halogens is 4. The summed E-state index contributed by atoms with van der Waals surface area (Å²) in [6, 6.07) is 3.97. The Bertz CT molecular complexity index is 607. The molecule has 1 heterocycles. The third-order valence-electron chi connectivity index (χ3n) is 2.47. The van der Waals surface area contributed by atoms with E-state index in [2.05, 4.69) is 9.97 Å². The number of benzene rings is 1. The SMILES string of the molecule is COc1ccc(C(F)(F)c2cc(Cl)ncn2)c(F)c1. The van der Waals surface area contributed by atoms with Gasteiger partial charge in [0.2, 0.25) is 0 Å². The molecule has 0 N–H and O–H groups in total. The highest BCUT2D eigenvalue weighted by Crippen LogP contribution is 2.37. The summed E-state index contributed by atoms with van der Waals surface area (Å²) < 4.78 is 46.7. The molecule has 0 unspecified atom stereocenters. The Labute approximate surface area is 112 Å². The lowest BCUT2D eigenvalue weighted by atomic mass is 10.0. The molecule has 0 aliphatic carbocycles. The minimum Gasteiger partial charge on any atom is -0.497 e. The summed E-state index contributed by atoms with van der Waals surface area (Å²) >= 11 is 5.53. The number of hydrogen-bond donors (Lipinski definition) is 0. The number of nitrogens with zero attached hydrogens (tertiary/aromatic N) is 2. The molecule has 2 rings (SSSR count). The van der Waals surface area contributed by atoms with Crippen LogP contribution in [0, 0.1) is 5.82 Å². The van der Waals surface area contributed by atoms with Gasteiger partial charge in [0.25, 0.3) is 0 Å². The Hall–Kier alpha value is -1.82. The van der Waals surface area contributed by atoms with Gasteiger partial charge in [0.1, 0.15) is 28.7 Å². The van der Waals surface area contributed by atoms with Gasteiger partial charge in [-0.25, -0.2) is 14.4 Å². The summed E-state index contributed by atoms with van der Waals surface area (Å²) in [4.78, 5) is 6.93. The summed E-state index contributed by atoms with van der Waals surface area (Å²) in [5.41, 5.74) is -1.47. The van der Waals surface area contributed by atoms with Crippen molar-refractivity contribution in [3.8, 4) is 5.75 Å². The van der Waals surface area contributed by atoms with Gasteiger partial charge in [0, 0.05) is 12.1 Å². The molecule has 19 heavy (non-hydrogen) atoms. The molecule has 0 spiro atoms. The van der Waals surface area contributed by atoms with Crippen LogP contribution in [0.4, 0.5) is 13.2 Å². The van der Waals surface area contributed by atoms with E-state index >= 15 is 0 Å². The highest BCUT2D eigenvalue weighted by molar-refractivity contribution is 6.29. The number of aromatic nitrogens is 2. The van der Waals surface area contributed by atoms with Gasteiger partial charge in [-0.05, 0) is 12.1 Å². The molecule has 0 amide bonds. The van der Waals surface area contributed by atoms with Crippen molar-refractivity contribution in [3.05, 3.63) is 52.8 Å². The summed E-state index contributed by atoms with van der Waals surface area (Å²) in [5.74, 6) is -4.54. The number of alkyl halides is 2. The van der Waals surface area contributed by atoms with E-state index in [0.717, 1.165) is 24.5 Å². The smallest absolute Gasteiger partial charge is 0.317 e. The average Bonchev–Trinajstić information content (AvgIpc) is 2.38. The predicted molar refractivity (Wildman–Crippen MR) is 63.0 cm³/mol. The van der Waals surface area contributed by atoms with Crippen molar-refractivity contribution in [3.63, 3.8) is 0 Å².